The number of carbonyl (C=O) groups is 3. The fourth-order valence-corrected chi connectivity index (χ4v) is 4.79. The Labute approximate surface area is 247 Å². The lowest BCUT2D eigenvalue weighted by Crippen LogP contribution is -2.46. The van der Waals surface area contributed by atoms with E-state index in [1.165, 1.54) is 4.90 Å². The number of methoxy groups -OCH3 is 1. The first-order valence-corrected chi connectivity index (χ1v) is 14.1. The average molecular weight is 596 g/mol. The van der Waals surface area contributed by atoms with E-state index < -0.39 is 60.0 Å². The zero-order valence-corrected chi connectivity index (χ0v) is 25.5. The molecule has 0 radical (unpaired) electrons. The van der Waals surface area contributed by atoms with Gasteiger partial charge in [-0.05, 0) is 65.7 Å². The van der Waals surface area contributed by atoms with Gasteiger partial charge in [0.05, 0.1) is 31.9 Å². The van der Waals surface area contributed by atoms with Gasteiger partial charge in [0.15, 0.2) is 12.2 Å². The fourth-order valence-electron chi connectivity index (χ4n) is 4.79. The molecule has 0 aliphatic carbocycles. The van der Waals surface area contributed by atoms with Gasteiger partial charge in [-0.15, -0.1) is 0 Å². The Morgan fingerprint density at radius 3 is 2.05 bits per heavy atom. The molecular formula is C29H45N3O10. The fraction of sp³-hybridized carbons (Fsp3) is 0.690. The average Bonchev–Trinajstić information content (AvgIpc) is 3.35. The Bertz CT molecular complexity index is 1060. The maximum atomic E-state index is 13.3. The van der Waals surface area contributed by atoms with E-state index in [0.717, 1.165) is 5.56 Å². The minimum absolute atomic E-state index is 0.0868. The summed E-state index contributed by atoms with van der Waals surface area (Å²) in [6.07, 6.45) is -5.87. The molecule has 42 heavy (non-hydrogen) atoms. The molecule has 0 spiro atoms. The van der Waals surface area contributed by atoms with Crippen LogP contribution < -0.4 is 10.1 Å². The van der Waals surface area contributed by atoms with Gasteiger partial charge >= 0.3 is 18.3 Å². The molecule has 2 saturated heterocycles. The number of carbonyl (C=O) groups excluding carboxylic acids is 3. The summed E-state index contributed by atoms with van der Waals surface area (Å²) >= 11 is 0. The number of aliphatic hydroxyl groups excluding tert-OH is 2. The molecule has 13 heteroatoms. The van der Waals surface area contributed by atoms with E-state index in [-0.39, 0.29) is 19.5 Å². The molecule has 1 aromatic carbocycles. The Kier molecular flexibility index (Phi) is 10.9. The minimum atomic E-state index is -1.05. The van der Waals surface area contributed by atoms with E-state index in [4.69, 9.17) is 23.7 Å². The number of hydrogen-bond acceptors (Lipinski definition) is 11. The number of alkyl carbamates (subject to hydrolysis) is 1. The third kappa shape index (κ3) is 9.92. The lowest BCUT2D eigenvalue weighted by molar-refractivity contribution is -0.0518. The largest absolute Gasteiger partial charge is 0.509 e. The molecule has 0 saturated carbocycles. The lowest BCUT2D eigenvalue weighted by Gasteiger charge is -2.30. The van der Waals surface area contributed by atoms with Crippen molar-refractivity contribution in [3.8, 4) is 5.75 Å². The van der Waals surface area contributed by atoms with Crippen molar-refractivity contribution in [1.29, 1.82) is 0 Å². The van der Waals surface area contributed by atoms with Crippen molar-refractivity contribution < 1.29 is 48.3 Å². The van der Waals surface area contributed by atoms with Gasteiger partial charge < -0.3 is 39.2 Å². The number of β-amino-alcohol motifs (C(OH)–C–C–N with tert-alkyl or cyclic N) is 2. The molecular weight excluding hydrogens is 550 g/mol. The van der Waals surface area contributed by atoms with Crippen molar-refractivity contribution in [2.75, 3.05) is 39.8 Å². The smallest absolute Gasteiger partial charge is 0.497 e. The highest BCUT2D eigenvalue weighted by molar-refractivity contribution is 5.71. The van der Waals surface area contributed by atoms with Gasteiger partial charge in [-0.3, -0.25) is 9.80 Å². The summed E-state index contributed by atoms with van der Waals surface area (Å²) in [5.41, 5.74) is -0.795. The lowest BCUT2D eigenvalue weighted by atomic mass is 10.0. The highest BCUT2D eigenvalue weighted by Crippen LogP contribution is 2.30. The highest BCUT2D eigenvalue weighted by Gasteiger charge is 2.50. The molecule has 3 N–H and O–H groups in total. The van der Waals surface area contributed by atoms with Crippen LogP contribution in [0.2, 0.25) is 0 Å². The summed E-state index contributed by atoms with van der Waals surface area (Å²) in [6, 6.07) is 6.50. The van der Waals surface area contributed by atoms with E-state index in [2.05, 4.69) is 5.32 Å². The quantitative estimate of drug-likeness (QED) is 0.299. The molecule has 1 aromatic rings. The number of benzene rings is 1. The molecule has 2 aliphatic rings. The van der Waals surface area contributed by atoms with Gasteiger partial charge in [0, 0.05) is 26.2 Å². The monoisotopic (exact) mass is 595 g/mol. The van der Waals surface area contributed by atoms with E-state index in [1.807, 2.05) is 17.0 Å². The Balaban J connectivity index is 1.82. The summed E-state index contributed by atoms with van der Waals surface area (Å²) in [7, 11) is 1.56. The summed E-state index contributed by atoms with van der Waals surface area (Å²) in [5, 5.41) is 22.2. The second-order valence-corrected chi connectivity index (χ2v) is 12.6. The molecule has 2 amide bonds. The zero-order valence-electron chi connectivity index (χ0n) is 25.5. The van der Waals surface area contributed by atoms with Gasteiger partial charge in [-0.1, -0.05) is 12.1 Å². The number of rotatable bonds is 8. The van der Waals surface area contributed by atoms with E-state index in [0.29, 0.717) is 25.4 Å². The van der Waals surface area contributed by atoms with Crippen LogP contribution in [0.4, 0.5) is 14.4 Å². The normalized spacial score (nSPS) is 24.7. The number of amides is 2. The maximum absolute atomic E-state index is 13.3. The molecule has 0 aromatic heterocycles. The first-order valence-electron chi connectivity index (χ1n) is 14.1. The van der Waals surface area contributed by atoms with E-state index >= 15 is 0 Å². The summed E-state index contributed by atoms with van der Waals surface area (Å²) < 4.78 is 27.7. The predicted octanol–water partition coefficient (Wildman–Crippen LogP) is 2.31. The van der Waals surface area contributed by atoms with Crippen LogP contribution in [0.5, 0.6) is 5.75 Å². The second-order valence-electron chi connectivity index (χ2n) is 12.6. The number of nitrogens with zero attached hydrogens (tertiary/aromatic N) is 2. The Morgan fingerprint density at radius 2 is 1.50 bits per heavy atom. The zero-order chi connectivity index (χ0) is 31.2. The van der Waals surface area contributed by atoms with Crippen LogP contribution in [0.3, 0.4) is 0 Å². The Hall–Kier alpha value is -3.29. The second kappa shape index (κ2) is 13.8. The van der Waals surface area contributed by atoms with Crippen molar-refractivity contribution >= 4 is 18.3 Å². The van der Waals surface area contributed by atoms with Crippen LogP contribution in [0.1, 0.15) is 47.1 Å². The van der Waals surface area contributed by atoms with Gasteiger partial charge in [0.25, 0.3) is 0 Å². The SMILES string of the molecule is COc1ccc(C[C@@H]2[C@H](OC(=O)NCCN3C[C@@H](O)[C@H](O)C3)[C@@H](OC(=O)OC(C)(C)C)CN2C(=O)OC(C)(C)C)cc1. The molecule has 2 aliphatic heterocycles. The van der Waals surface area contributed by atoms with Gasteiger partial charge in [0.2, 0.25) is 0 Å². The van der Waals surface area contributed by atoms with Crippen molar-refractivity contribution in [3.63, 3.8) is 0 Å². The first kappa shape index (κ1) is 33.2. The molecule has 236 valence electrons. The number of nitrogens with one attached hydrogen (secondary N) is 1. The third-order valence-corrected chi connectivity index (χ3v) is 6.67. The van der Waals surface area contributed by atoms with Crippen LogP contribution in [0.15, 0.2) is 24.3 Å². The molecule has 0 unspecified atom stereocenters. The van der Waals surface area contributed by atoms with Crippen LogP contribution in [-0.2, 0) is 25.4 Å². The van der Waals surface area contributed by atoms with Crippen molar-refractivity contribution in [1.82, 2.24) is 15.1 Å². The first-order chi connectivity index (χ1) is 19.5. The minimum Gasteiger partial charge on any atom is -0.497 e. The standard InChI is InChI=1S/C29H45N3O10/c1-28(2,3)41-26(36)32-17-23(39-27(37)42-29(4,5)6)24(20(32)14-18-8-10-19(38-7)11-9-18)40-25(35)30-12-13-31-15-21(33)22(34)16-31/h8-11,20-24,33-34H,12-17H2,1-7H3,(H,30,35)/t20-,21-,22-,23+,24+/m1/s1. The van der Waals surface area contributed by atoms with Crippen molar-refractivity contribution in [2.45, 2.75) is 89.6 Å². The van der Waals surface area contributed by atoms with Gasteiger partial charge in [-0.25, -0.2) is 14.4 Å². The molecule has 2 heterocycles. The molecule has 2 fully saturated rings. The summed E-state index contributed by atoms with van der Waals surface area (Å²) in [4.78, 5) is 42.2. The molecule has 3 rings (SSSR count). The Morgan fingerprint density at radius 1 is 0.905 bits per heavy atom. The van der Waals surface area contributed by atoms with Crippen LogP contribution >= 0.6 is 0 Å². The van der Waals surface area contributed by atoms with Crippen LogP contribution in [-0.4, -0.2) is 120 Å². The van der Waals surface area contributed by atoms with Crippen molar-refractivity contribution in [2.24, 2.45) is 0 Å². The van der Waals surface area contributed by atoms with Crippen LogP contribution in [0, 0.1) is 0 Å². The molecule has 0 bridgehead atoms. The summed E-state index contributed by atoms with van der Waals surface area (Å²) in [5.74, 6) is 0.658. The number of aliphatic hydroxyl groups is 2. The summed E-state index contributed by atoms with van der Waals surface area (Å²) in [6.45, 7) is 11.4. The molecule has 13 nitrogen and oxygen atoms in total. The maximum Gasteiger partial charge on any atom is 0.509 e. The topological polar surface area (TPSA) is 156 Å². The predicted molar refractivity (Wildman–Crippen MR) is 151 cm³/mol. The number of likely N-dealkylation sites (tertiary alicyclic amines) is 2. The van der Waals surface area contributed by atoms with Gasteiger partial charge in [0.1, 0.15) is 17.0 Å². The van der Waals surface area contributed by atoms with Crippen LogP contribution in [0.25, 0.3) is 0 Å². The number of hydrogen-bond donors (Lipinski definition) is 3. The number of ether oxygens (including phenoxy) is 5. The highest BCUT2D eigenvalue weighted by atomic mass is 16.7. The van der Waals surface area contributed by atoms with E-state index in [9.17, 15) is 24.6 Å². The third-order valence-electron chi connectivity index (χ3n) is 6.67. The van der Waals surface area contributed by atoms with Gasteiger partial charge in [-0.2, -0.15) is 0 Å². The van der Waals surface area contributed by atoms with Crippen molar-refractivity contribution in [3.05, 3.63) is 29.8 Å². The van der Waals surface area contributed by atoms with E-state index in [1.54, 1.807) is 60.8 Å². The molecule has 5 atom stereocenters.